The van der Waals surface area contributed by atoms with Crippen molar-refractivity contribution in [2.45, 2.75) is 18.4 Å². The summed E-state index contributed by atoms with van der Waals surface area (Å²) in [4.78, 5) is 0. The summed E-state index contributed by atoms with van der Waals surface area (Å²) in [6.45, 7) is 0. The molecule has 0 spiro atoms. The average Bonchev–Trinajstić information content (AvgIpc) is 2.96. The number of hydrogen-bond acceptors (Lipinski definition) is 1. The molecule has 1 N–H and O–H groups in total. The van der Waals surface area contributed by atoms with Crippen molar-refractivity contribution in [2.24, 2.45) is 5.92 Å². The van der Waals surface area contributed by atoms with Gasteiger partial charge in [-0.1, -0.05) is 51.8 Å². The van der Waals surface area contributed by atoms with Crippen LogP contribution in [0.15, 0.2) is 53.0 Å². The Hall–Kier alpha value is -1.32. The molecule has 2 aliphatic rings. The number of hydrogen-bond donors (Lipinski definition) is 1. The number of rotatable bonds is 1. The molecule has 22 heavy (non-hydrogen) atoms. The molecule has 2 aromatic rings. The summed E-state index contributed by atoms with van der Waals surface area (Å²) in [5.41, 5.74) is 2.75. The Morgan fingerprint density at radius 1 is 1.23 bits per heavy atom. The van der Waals surface area contributed by atoms with Gasteiger partial charge in [-0.3, -0.25) is 0 Å². The molecule has 4 rings (SSSR count). The van der Waals surface area contributed by atoms with Crippen molar-refractivity contribution in [3.8, 4) is 0 Å². The molecule has 1 aliphatic carbocycles. The number of benzene rings is 2. The first-order valence-electron chi connectivity index (χ1n) is 7.31. The highest BCUT2D eigenvalue weighted by Gasteiger charge is 2.39. The monoisotopic (exact) mass is 377 g/mol. The van der Waals surface area contributed by atoms with Gasteiger partial charge < -0.3 is 5.32 Å². The molecule has 2 aromatic carbocycles. The van der Waals surface area contributed by atoms with Gasteiger partial charge in [0.15, 0.2) is 0 Å². The van der Waals surface area contributed by atoms with E-state index in [1.165, 1.54) is 6.07 Å². The van der Waals surface area contributed by atoms with Crippen LogP contribution in [-0.2, 0) is 0 Å². The average molecular weight is 379 g/mol. The fourth-order valence-electron chi connectivity index (χ4n) is 3.65. The van der Waals surface area contributed by atoms with Crippen LogP contribution < -0.4 is 5.32 Å². The molecule has 1 heterocycles. The number of fused-ring (bicyclic) bond motifs is 3. The normalized spacial score (nSPS) is 25.5. The van der Waals surface area contributed by atoms with Crippen LogP contribution in [0.1, 0.15) is 29.5 Å². The molecular formula is C18H14BrClFN. The van der Waals surface area contributed by atoms with Crippen LogP contribution in [0.5, 0.6) is 0 Å². The Kier molecular flexibility index (Phi) is 3.50. The van der Waals surface area contributed by atoms with Gasteiger partial charge in [0.05, 0.1) is 11.7 Å². The van der Waals surface area contributed by atoms with Crippen molar-refractivity contribution in [1.82, 2.24) is 0 Å². The Labute approximate surface area is 142 Å². The highest BCUT2D eigenvalue weighted by molar-refractivity contribution is 9.10. The Balaban J connectivity index is 1.84. The van der Waals surface area contributed by atoms with Crippen LogP contribution in [-0.4, -0.2) is 0 Å². The molecule has 0 amide bonds. The van der Waals surface area contributed by atoms with E-state index in [4.69, 9.17) is 11.6 Å². The van der Waals surface area contributed by atoms with E-state index < -0.39 is 0 Å². The summed E-state index contributed by atoms with van der Waals surface area (Å²) in [7, 11) is 0. The molecule has 0 fully saturated rings. The van der Waals surface area contributed by atoms with E-state index in [2.05, 4.69) is 39.5 Å². The maximum atomic E-state index is 14.4. The first-order chi connectivity index (χ1) is 10.6. The summed E-state index contributed by atoms with van der Waals surface area (Å²) in [5, 5.41) is 4.12. The first-order valence-corrected chi connectivity index (χ1v) is 8.48. The molecule has 112 valence electrons. The van der Waals surface area contributed by atoms with Gasteiger partial charge >= 0.3 is 0 Å². The Bertz CT molecular complexity index is 774. The molecular weight excluding hydrogens is 365 g/mol. The van der Waals surface area contributed by atoms with E-state index in [-0.39, 0.29) is 17.8 Å². The molecule has 3 atom stereocenters. The summed E-state index contributed by atoms with van der Waals surface area (Å²) in [5.74, 6) is 0.419. The maximum absolute atomic E-state index is 14.4. The van der Waals surface area contributed by atoms with Crippen LogP contribution in [0, 0.1) is 11.7 Å². The zero-order valence-electron chi connectivity index (χ0n) is 11.7. The summed E-state index contributed by atoms with van der Waals surface area (Å²) in [6.07, 6.45) is 5.39. The Morgan fingerprint density at radius 3 is 2.91 bits per heavy atom. The number of anilines is 1. The minimum absolute atomic E-state index is 0.0712. The lowest BCUT2D eigenvalue weighted by Gasteiger charge is -2.37. The second kappa shape index (κ2) is 5.39. The minimum Gasteiger partial charge on any atom is -0.375 e. The van der Waals surface area contributed by atoms with Crippen LogP contribution in [0.25, 0.3) is 0 Å². The number of allylic oxidation sites excluding steroid dienone is 2. The van der Waals surface area contributed by atoms with Gasteiger partial charge in [-0.25, -0.2) is 4.39 Å². The Morgan fingerprint density at radius 2 is 2.09 bits per heavy atom. The fourth-order valence-corrected chi connectivity index (χ4v) is 4.30. The van der Waals surface area contributed by atoms with Gasteiger partial charge in [0.1, 0.15) is 5.82 Å². The molecule has 0 radical (unpaired) electrons. The van der Waals surface area contributed by atoms with Gasteiger partial charge in [0, 0.05) is 15.4 Å². The van der Waals surface area contributed by atoms with E-state index in [9.17, 15) is 4.39 Å². The first kappa shape index (κ1) is 14.3. The zero-order chi connectivity index (χ0) is 15.3. The van der Waals surface area contributed by atoms with Gasteiger partial charge in [-0.2, -0.15) is 0 Å². The van der Waals surface area contributed by atoms with Crippen molar-refractivity contribution in [3.63, 3.8) is 0 Å². The van der Waals surface area contributed by atoms with Crippen molar-refractivity contribution in [2.75, 3.05) is 5.32 Å². The van der Waals surface area contributed by atoms with Gasteiger partial charge in [0.2, 0.25) is 0 Å². The standard InChI is InChI=1S/C18H14BrClFN/c19-11-8-15-13-5-2-6-14(13)17(22-18(15)16(21)9-11)10-3-1-4-12(20)7-10/h1-5,7-9,13-14,17,22H,6H2/t13-,14+,17+/m0/s1. The lowest BCUT2D eigenvalue weighted by atomic mass is 9.77. The molecule has 0 saturated heterocycles. The third kappa shape index (κ3) is 2.27. The summed E-state index contributed by atoms with van der Waals surface area (Å²) >= 11 is 9.53. The highest BCUT2D eigenvalue weighted by atomic mass is 79.9. The lowest BCUT2D eigenvalue weighted by molar-refractivity contribution is 0.420. The predicted molar refractivity (Wildman–Crippen MR) is 91.9 cm³/mol. The molecule has 4 heteroatoms. The van der Waals surface area contributed by atoms with Gasteiger partial charge in [-0.15, -0.1) is 0 Å². The van der Waals surface area contributed by atoms with Crippen molar-refractivity contribution < 1.29 is 4.39 Å². The van der Waals surface area contributed by atoms with E-state index in [1.807, 2.05) is 24.3 Å². The fraction of sp³-hybridized carbons (Fsp3) is 0.222. The van der Waals surface area contributed by atoms with E-state index in [0.717, 1.165) is 22.0 Å². The quantitative estimate of drug-likeness (QED) is 0.594. The van der Waals surface area contributed by atoms with Crippen LogP contribution in [0.3, 0.4) is 0 Å². The molecule has 1 aliphatic heterocycles. The molecule has 0 saturated carbocycles. The van der Waals surface area contributed by atoms with Crippen molar-refractivity contribution in [3.05, 3.63) is 75.0 Å². The van der Waals surface area contributed by atoms with Crippen LogP contribution in [0.4, 0.5) is 10.1 Å². The largest absolute Gasteiger partial charge is 0.375 e. The SMILES string of the molecule is Fc1cc(Br)cc2c1N[C@H](c1cccc(Cl)c1)[C@@H]1CC=C[C@H]21. The summed E-state index contributed by atoms with van der Waals surface area (Å²) in [6, 6.07) is 11.4. The van der Waals surface area contributed by atoms with Gasteiger partial charge in [-0.05, 0) is 47.7 Å². The van der Waals surface area contributed by atoms with Crippen LogP contribution in [0.2, 0.25) is 5.02 Å². The zero-order valence-corrected chi connectivity index (χ0v) is 14.0. The lowest BCUT2D eigenvalue weighted by Crippen LogP contribution is -2.29. The minimum atomic E-state index is -0.213. The van der Waals surface area contributed by atoms with Gasteiger partial charge in [0.25, 0.3) is 0 Å². The second-order valence-electron chi connectivity index (χ2n) is 5.88. The smallest absolute Gasteiger partial charge is 0.147 e. The summed E-state index contributed by atoms with van der Waals surface area (Å²) < 4.78 is 15.2. The molecule has 0 bridgehead atoms. The van der Waals surface area contributed by atoms with E-state index >= 15 is 0 Å². The third-order valence-electron chi connectivity index (χ3n) is 4.59. The molecule has 0 aromatic heterocycles. The third-order valence-corrected chi connectivity index (χ3v) is 5.29. The molecule has 1 nitrogen and oxygen atoms in total. The topological polar surface area (TPSA) is 12.0 Å². The van der Waals surface area contributed by atoms with Crippen molar-refractivity contribution >= 4 is 33.2 Å². The predicted octanol–water partition coefficient (Wildman–Crippen LogP) is 6.07. The number of nitrogens with one attached hydrogen (secondary N) is 1. The molecule has 0 unspecified atom stereocenters. The van der Waals surface area contributed by atoms with E-state index in [1.54, 1.807) is 0 Å². The number of halogens is 3. The van der Waals surface area contributed by atoms with E-state index in [0.29, 0.717) is 16.6 Å². The maximum Gasteiger partial charge on any atom is 0.147 e. The van der Waals surface area contributed by atoms with Crippen molar-refractivity contribution in [1.29, 1.82) is 0 Å². The highest BCUT2D eigenvalue weighted by Crippen LogP contribution is 2.51. The second-order valence-corrected chi connectivity index (χ2v) is 7.23. The van der Waals surface area contributed by atoms with Crippen LogP contribution >= 0.6 is 27.5 Å².